The molecule has 2 aliphatic carbocycles. The third-order valence-electron chi connectivity index (χ3n) is 3.85. The number of carbonyl (C=O) groups is 1. The third-order valence-corrected chi connectivity index (χ3v) is 4.06. The van der Waals surface area contributed by atoms with Crippen LogP contribution in [0.3, 0.4) is 0 Å². The van der Waals surface area contributed by atoms with Crippen molar-refractivity contribution in [2.75, 3.05) is 0 Å². The Hall–Kier alpha value is -2.00. The molecule has 4 rings (SSSR count). The van der Waals surface area contributed by atoms with Gasteiger partial charge in [-0.2, -0.15) is 5.10 Å². The first-order valence-electron chi connectivity index (χ1n) is 6.10. The van der Waals surface area contributed by atoms with Crippen molar-refractivity contribution >= 4 is 39.9 Å². The average molecular weight is 269 g/mol. The van der Waals surface area contributed by atoms with Crippen molar-refractivity contribution in [3.8, 4) is 0 Å². The van der Waals surface area contributed by atoms with Crippen LogP contribution in [0.15, 0.2) is 40.1 Å². The van der Waals surface area contributed by atoms with E-state index in [-0.39, 0.29) is 5.92 Å². The second kappa shape index (κ2) is 3.52. The van der Waals surface area contributed by atoms with E-state index in [0.717, 1.165) is 28.0 Å². The number of halogens is 1. The largest absolute Gasteiger partial charge is 0.276 e. The third kappa shape index (κ3) is 1.25. The number of hydrogen-bond acceptors (Lipinski definition) is 3. The van der Waals surface area contributed by atoms with Gasteiger partial charge in [-0.1, -0.05) is 31.2 Å². The summed E-state index contributed by atoms with van der Waals surface area (Å²) < 4.78 is 0. The molecule has 1 aliphatic heterocycles. The second-order valence-electron chi connectivity index (χ2n) is 4.89. The van der Waals surface area contributed by atoms with Crippen LogP contribution in [-0.2, 0) is 4.79 Å². The van der Waals surface area contributed by atoms with Gasteiger partial charge in [0, 0.05) is 22.6 Å². The molecule has 1 atom stereocenters. The van der Waals surface area contributed by atoms with Crippen molar-refractivity contribution in [3.63, 3.8) is 0 Å². The Balaban J connectivity index is 2.11. The Morgan fingerprint density at radius 3 is 2.89 bits per heavy atom. The first-order valence-corrected chi connectivity index (χ1v) is 6.47. The number of rotatable bonds is 1. The molecule has 4 heteroatoms. The van der Waals surface area contributed by atoms with Crippen molar-refractivity contribution in [2.45, 2.75) is 6.92 Å². The lowest BCUT2D eigenvalue weighted by Crippen LogP contribution is -2.10. The van der Waals surface area contributed by atoms with E-state index in [0.29, 0.717) is 5.57 Å². The van der Waals surface area contributed by atoms with Gasteiger partial charge < -0.3 is 0 Å². The molecule has 1 heterocycles. The smallest absolute Gasteiger partial charge is 0.252 e. The van der Waals surface area contributed by atoms with Gasteiger partial charge in [-0.25, -0.2) is 0 Å². The molecular weight excluding hydrogens is 260 g/mol. The standard InChI is InChI=1S/C15H9ClN2O/c1-7-5-10(15(16)19)8-3-2-4-9-13(8)12(7)11-6-17-18-14(9)11/h2-7H,1H3. The molecule has 0 saturated heterocycles. The zero-order chi connectivity index (χ0) is 13.1. The van der Waals surface area contributed by atoms with E-state index in [4.69, 9.17) is 11.6 Å². The Labute approximate surface area is 115 Å². The number of allylic oxidation sites excluding steroid dienone is 4. The normalized spacial score (nSPS) is 22.1. The molecule has 0 radical (unpaired) electrons. The Kier molecular flexibility index (Phi) is 2.01. The highest BCUT2D eigenvalue weighted by Crippen LogP contribution is 2.47. The van der Waals surface area contributed by atoms with E-state index >= 15 is 0 Å². The molecular formula is C15H9ClN2O. The highest BCUT2D eigenvalue weighted by atomic mass is 35.5. The second-order valence-corrected chi connectivity index (χ2v) is 5.23. The topological polar surface area (TPSA) is 41.8 Å². The van der Waals surface area contributed by atoms with Crippen molar-refractivity contribution < 1.29 is 4.79 Å². The van der Waals surface area contributed by atoms with Gasteiger partial charge in [0.1, 0.15) is 5.71 Å². The van der Waals surface area contributed by atoms with E-state index in [1.165, 1.54) is 5.57 Å². The van der Waals surface area contributed by atoms with Crippen molar-refractivity contribution in [3.05, 3.63) is 46.5 Å². The summed E-state index contributed by atoms with van der Waals surface area (Å²) in [5.74, 6) is 0.138. The molecule has 1 aromatic rings. The van der Waals surface area contributed by atoms with Gasteiger partial charge in [0.05, 0.1) is 6.21 Å². The number of fused-ring (bicyclic) bond motifs is 2. The van der Waals surface area contributed by atoms with E-state index in [1.807, 2.05) is 24.3 Å². The molecule has 0 N–H and O–H groups in total. The number of carbonyl (C=O) groups excluding carboxylic acids is 1. The molecule has 0 amide bonds. The first-order chi connectivity index (χ1) is 9.18. The fourth-order valence-corrected chi connectivity index (χ4v) is 3.29. The molecule has 92 valence electrons. The number of nitrogens with zero attached hydrogens (tertiary/aromatic N) is 2. The van der Waals surface area contributed by atoms with Crippen molar-refractivity contribution in [1.82, 2.24) is 0 Å². The highest BCUT2D eigenvalue weighted by molar-refractivity contribution is 6.74. The lowest BCUT2D eigenvalue weighted by Gasteiger charge is -2.22. The van der Waals surface area contributed by atoms with Gasteiger partial charge in [-0.15, -0.1) is 5.10 Å². The predicted molar refractivity (Wildman–Crippen MR) is 76.4 cm³/mol. The van der Waals surface area contributed by atoms with Crippen LogP contribution in [0.25, 0.3) is 11.1 Å². The van der Waals surface area contributed by atoms with Crippen LogP contribution >= 0.6 is 11.6 Å². The minimum absolute atomic E-state index is 0.138. The zero-order valence-electron chi connectivity index (χ0n) is 10.1. The molecule has 3 nitrogen and oxygen atoms in total. The summed E-state index contributed by atoms with van der Waals surface area (Å²) in [5.41, 5.74) is 6.84. The number of hydrogen-bond donors (Lipinski definition) is 0. The van der Waals surface area contributed by atoms with Gasteiger partial charge in [-0.3, -0.25) is 4.79 Å². The SMILES string of the molecule is CC1C=C(C(=O)Cl)c2cccc3c2C1=C1C=NN=C13. The lowest BCUT2D eigenvalue weighted by molar-refractivity contribution is -0.106. The van der Waals surface area contributed by atoms with Crippen molar-refractivity contribution in [1.29, 1.82) is 0 Å². The van der Waals surface area contributed by atoms with Gasteiger partial charge in [0.25, 0.3) is 5.24 Å². The molecule has 0 saturated carbocycles. The monoisotopic (exact) mass is 268 g/mol. The molecule has 1 aromatic carbocycles. The predicted octanol–water partition coefficient (Wildman–Crippen LogP) is 3.04. The molecule has 0 spiro atoms. The minimum atomic E-state index is -0.406. The summed E-state index contributed by atoms with van der Waals surface area (Å²) in [7, 11) is 0. The molecule has 0 aromatic heterocycles. The van der Waals surface area contributed by atoms with Crippen LogP contribution in [0.1, 0.15) is 23.6 Å². The first kappa shape index (κ1) is 10.9. The summed E-state index contributed by atoms with van der Waals surface area (Å²) in [6.07, 6.45) is 3.73. The summed E-state index contributed by atoms with van der Waals surface area (Å²) in [6.45, 7) is 2.07. The summed E-state index contributed by atoms with van der Waals surface area (Å²) in [5, 5.41) is 7.79. The maximum absolute atomic E-state index is 11.6. The van der Waals surface area contributed by atoms with E-state index in [1.54, 1.807) is 6.21 Å². The average Bonchev–Trinajstić information content (AvgIpc) is 2.95. The highest BCUT2D eigenvalue weighted by Gasteiger charge is 2.37. The van der Waals surface area contributed by atoms with E-state index in [9.17, 15) is 4.79 Å². The van der Waals surface area contributed by atoms with E-state index in [2.05, 4.69) is 17.1 Å². The Morgan fingerprint density at radius 1 is 1.32 bits per heavy atom. The Morgan fingerprint density at radius 2 is 2.11 bits per heavy atom. The Bertz CT molecular complexity index is 768. The van der Waals surface area contributed by atoms with Crippen LogP contribution in [0.4, 0.5) is 0 Å². The molecule has 0 bridgehead atoms. The van der Waals surface area contributed by atoms with Gasteiger partial charge in [-0.05, 0) is 28.3 Å². The maximum Gasteiger partial charge on any atom is 0.252 e. The quantitative estimate of drug-likeness (QED) is 0.722. The van der Waals surface area contributed by atoms with Crippen LogP contribution in [0.2, 0.25) is 0 Å². The molecule has 19 heavy (non-hydrogen) atoms. The van der Waals surface area contributed by atoms with Gasteiger partial charge in [0.2, 0.25) is 0 Å². The fraction of sp³-hybridized carbons (Fsp3) is 0.133. The van der Waals surface area contributed by atoms with Crippen molar-refractivity contribution in [2.24, 2.45) is 16.1 Å². The molecule has 0 fully saturated rings. The van der Waals surface area contributed by atoms with E-state index < -0.39 is 5.24 Å². The zero-order valence-corrected chi connectivity index (χ0v) is 10.9. The van der Waals surface area contributed by atoms with Crippen LogP contribution in [-0.4, -0.2) is 17.2 Å². The molecule has 1 unspecified atom stereocenters. The summed E-state index contributed by atoms with van der Waals surface area (Å²) >= 11 is 5.71. The van der Waals surface area contributed by atoms with Gasteiger partial charge in [0.15, 0.2) is 0 Å². The maximum atomic E-state index is 11.6. The van der Waals surface area contributed by atoms with Gasteiger partial charge >= 0.3 is 0 Å². The molecule has 3 aliphatic rings. The van der Waals surface area contributed by atoms with Crippen LogP contribution in [0.5, 0.6) is 0 Å². The lowest BCUT2D eigenvalue weighted by atomic mass is 9.81. The number of benzene rings is 1. The summed E-state index contributed by atoms with van der Waals surface area (Å²) in [4.78, 5) is 11.6. The summed E-state index contributed by atoms with van der Waals surface area (Å²) in [6, 6.07) is 5.89. The van der Waals surface area contributed by atoms with Crippen LogP contribution in [0, 0.1) is 5.92 Å². The fourth-order valence-electron chi connectivity index (χ4n) is 3.12. The minimum Gasteiger partial charge on any atom is -0.276 e. The van der Waals surface area contributed by atoms with Crippen LogP contribution < -0.4 is 0 Å².